The van der Waals surface area contributed by atoms with Crippen molar-refractivity contribution in [2.45, 2.75) is 0 Å². The van der Waals surface area contributed by atoms with Crippen molar-refractivity contribution >= 4 is 51.2 Å². The second kappa shape index (κ2) is 9.67. The molecule has 0 bridgehead atoms. The number of hydrogen-bond acceptors (Lipinski definition) is 8. The summed E-state index contributed by atoms with van der Waals surface area (Å²) in [5, 5.41) is 11.0. The van der Waals surface area contributed by atoms with E-state index in [1.165, 1.54) is 29.7 Å². The molecule has 3 amide bonds. The molecular weight excluding hydrogens is 460 g/mol. The standard InChI is InChI=1S/C22H20N6O3S2/c1-24-21(30)28-22-27-18(23)17(33-22)20-26-16(11-32-20)12-5-3-7-14(9-12)25-19(29)13-6-4-8-15(10-13)31-2/h3-11H,23H2,1-2H3,(H,25,29)(H2,24,27,28,30). The zero-order valence-corrected chi connectivity index (χ0v) is 19.3. The quantitative estimate of drug-likeness (QED) is 0.321. The van der Waals surface area contributed by atoms with Gasteiger partial charge in [0.25, 0.3) is 5.91 Å². The van der Waals surface area contributed by atoms with Crippen LogP contribution in [0.5, 0.6) is 5.75 Å². The number of thiazole rings is 2. The number of amides is 3. The highest BCUT2D eigenvalue weighted by molar-refractivity contribution is 7.23. The highest BCUT2D eigenvalue weighted by Crippen LogP contribution is 2.38. The van der Waals surface area contributed by atoms with Crippen molar-refractivity contribution in [1.82, 2.24) is 15.3 Å². The fourth-order valence-electron chi connectivity index (χ4n) is 2.93. The number of hydrogen-bond donors (Lipinski definition) is 4. The van der Waals surface area contributed by atoms with E-state index in [0.717, 1.165) is 11.3 Å². The molecule has 2 aromatic carbocycles. The van der Waals surface area contributed by atoms with Gasteiger partial charge in [-0.15, -0.1) is 11.3 Å². The SMILES string of the molecule is CNC(=O)Nc1nc(N)c(-c2nc(-c3cccc(NC(=O)c4cccc(OC)c4)c3)cs2)s1. The number of nitrogen functional groups attached to an aromatic ring is 1. The number of urea groups is 1. The summed E-state index contributed by atoms with van der Waals surface area (Å²) < 4.78 is 5.18. The van der Waals surface area contributed by atoms with Gasteiger partial charge in [0.1, 0.15) is 21.5 Å². The summed E-state index contributed by atoms with van der Waals surface area (Å²) in [6, 6.07) is 14.0. The molecule has 9 nitrogen and oxygen atoms in total. The van der Waals surface area contributed by atoms with Crippen LogP contribution in [0.25, 0.3) is 21.1 Å². The fraction of sp³-hybridized carbons (Fsp3) is 0.0909. The monoisotopic (exact) mass is 480 g/mol. The first-order valence-corrected chi connectivity index (χ1v) is 11.4. The van der Waals surface area contributed by atoms with Gasteiger partial charge in [-0.05, 0) is 30.3 Å². The molecular formula is C22H20N6O3S2. The molecule has 0 spiro atoms. The van der Waals surface area contributed by atoms with Gasteiger partial charge in [-0.3, -0.25) is 10.1 Å². The predicted molar refractivity (Wildman–Crippen MR) is 132 cm³/mol. The third-order valence-corrected chi connectivity index (χ3v) is 6.53. The van der Waals surface area contributed by atoms with Crippen molar-refractivity contribution in [1.29, 1.82) is 0 Å². The Hall–Kier alpha value is -3.96. The zero-order valence-electron chi connectivity index (χ0n) is 17.7. The van der Waals surface area contributed by atoms with Gasteiger partial charge in [0.05, 0.1) is 12.8 Å². The number of rotatable bonds is 6. The van der Waals surface area contributed by atoms with Crippen LogP contribution in [0.4, 0.5) is 21.4 Å². The summed E-state index contributed by atoms with van der Waals surface area (Å²) in [7, 11) is 3.08. The van der Waals surface area contributed by atoms with Crippen LogP contribution in [0, 0.1) is 0 Å². The number of anilines is 3. The number of ether oxygens (including phenoxy) is 1. The largest absolute Gasteiger partial charge is 0.497 e. The van der Waals surface area contributed by atoms with Crippen molar-refractivity contribution in [2.75, 3.05) is 30.5 Å². The van der Waals surface area contributed by atoms with Crippen molar-refractivity contribution in [3.63, 3.8) is 0 Å². The number of nitrogens with zero attached hydrogens (tertiary/aromatic N) is 2. The first kappa shape index (κ1) is 22.2. The van der Waals surface area contributed by atoms with E-state index in [2.05, 4.69) is 25.9 Å². The number of benzene rings is 2. The van der Waals surface area contributed by atoms with E-state index in [0.29, 0.717) is 37.8 Å². The fourth-order valence-corrected chi connectivity index (χ4v) is 4.74. The van der Waals surface area contributed by atoms with Crippen LogP contribution in [0.15, 0.2) is 53.9 Å². The van der Waals surface area contributed by atoms with E-state index in [1.54, 1.807) is 31.4 Å². The maximum Gasteiger partial charge on any atom is 0.320 e. The van der Waals surface area contributed by atoms with Gasteiger partial charge in [0.15, 0.2) is 5.13 Å². The topological polar surface area (TPSA) is 131 Å². The van der Waals surface area contributed by atoms with E-state index in [-0.39, 0.29) is 11.9 Å². The Labute approximate surface area is 197 Å². The molecule has 0 fully saturated rings. The lowest BCUT2D eigenvalue weighted by molar-refractivity contribution is 0.102. The number of carbonyl (C=O) groups is 2. The Morgan fingerprint density at radius 2 is 1.88 bits per heavy atom. The lowest BCUT2D eigenvalue weighted by Gasteiger charge is -2.08. The van der Waals surface area contributed by atoms with Crippen molar-refractivity contribution in [3.05, 3.63) is 59.5 Å². The van der Waals surface area contributed by atoms with Crippen LogP contribution in [0.1, 0.15) is 10.4 Å². The molecule has 0 aliphatic rings. The van der Waals surface area contributed by atoms with Crippen LogP contribution in [0.3, 0.4) is 0 Å². The number of nitrogens with two attached hydrogens (primary N) is 1. The highest BCUT2D eigenvalue weighted by Gasteiger charge is 2.16. The highest BCUT2D eigenvalue weighted by atomic mass is 32.1. The Kier molecular flexibility index (Phi) is 6.52. The maximum absolute atomic E-state index is 12.6. The second-order valence-corrected chi connectivity index (χ2v) is 8.60. The molecule has 168 valence electrons. The van der Waals surface area contributed by atoms with Gasteiger partial charge in [-0.2, -0.15) is 0 Å². The van der Waals surface area contributed by atoms with Gasteiger partial charge in [0, 0.05) is 29.2 Å². The minimum atomic E-state index is -0.372. The van der Waals surface area contributed by atoms with E-state index in [1.807, 2.05) is 29.6 Å². The molecule has 11 heteroatoms. The summed E-state index contributed by atoms with van der Waals surface area (Å²) in [4.78, 5) is 33.7. The molecule has 5 N–H and O–H groups in total. The number of methoxy groups -OCH3 is 1. The first-order chi connectivity index (χ1) is 16.0. The van der Waals surface area contributed by atoms with Crippen molar-refractivity contribution in [3.8, 4) is 26.9 Å². The third-order valence-electron chi connectivity index (χ3n) is 4.55. The first-order valence-electron chi connectivity index (χ1n) is 9.73. The maximum atomic E-state index is 12.6. The molecule has 2 aromatic heterocycles. The average Bonchev–Trinajstić information content (AvgIpc) is 3.45. The lowest BCUT2D eigenvalue weighted by atomic mass is 10.1. The minimum Gasteiger partial charge on any atom is -0.497 e. The summed E-state index contributed by atoms with van der Waals surface area (Å²) in [5.41, 5.74) is 8.75. The van der Waals surface area contributed by atoms with Crippen molar-refractivity contribution in [2.24, 2.45) is 0 Å². The van der Waals surface area contributed by atoms with Gasteiger partial charge in [-0.25, -0.2) is 14.8 Å². The Bertz CT molecular complexity index is 1320. The van der Waals surface area contributed by atoms with Crippen LogP contribution >= 0.6 is 22.7 Å². The number of carbonyl (C=O) groups excluding carboxylic acids is 2. The molecule has 0 saturated heterocycles. The lowest BCUT2D eigenvalue weighted by Crippen LogP contribution is -2.24. The van der Waals surface area contributed by atoms with Gasteiger partial charge >= 0.3 is 6.03 Å². The average molecular weight is 481 g/mol. The van der Waals surface area contributed by atoms with E-state index < -0.39 is 0 Å². The molecule has 0 aliphatic heterocycles. The van der Waals surface area contributed by atoms with E-state index in [9.17, 15) is 9.59 Å². The molecule has 0 aliphatic carbocycles. The van der Waals surface area contributed by atoms with E-state index in [4.69, 9.17) is 10.5 Å². The van der Waals surface area contributed by atoms with Gasteiger partial charge in [-0.1, -0.05) is 29.5 Å². The third kappa shape index (κ3) is 5.10. The van der Waals surface area contributed by atoms with Crippen LogP contribution in [0.2, 0.25) is 0 Å². The summed E-state index contributed by atoms with van der Waals surface area (Å²) in [6.07, 6.45) is 0. The van der Waals surface area contributed by atoms with Crippen LogP contribution in [-0.4, -0.2) is 36.1 Å². The van der Waals surface area contributed by atoms with Gasteiger partial charge < -0.3 is 21.1 Å². The number of nitrogens with one attached hydrogen (secondary N) is 3. The summed E-state index contributed by atoms with van der Waals surface area (Å²) >= 11 is 2.67. The molecule has 0 radical (unpaired) electrons. The Morgan fingerprint density at radius 1 is 1.06 bits per heavy atom. The minimum absolute atomic E-state index is 0.237. The molecule has 0 saturated carbocycles. The molecule has 33 heavy (non-hydrogen) atoms. The Balaban J connectivity index is 1.53. The van der Waals surface area contributed by atoms with Crippen molar-refractivity contribution < 1.29 is 14.3 Å². The van der Waals surface area contributed by atoms with Gasteiger partial charge in [0.2, 0.25) is 0 Å². The molecule has 2 heterocycles. The second-order valence-electron chi connectivity index (χ2n) is 6.74. The molecule has 0 unspecified atom stereocenters. The normalized spacial score (nSPS) is 10.5. The van der Waals surface area contributed by atoms with E-state index >= 15 is 0 Å². The predicted octanol–water partition coefficient (Wildman–Crippen LogP) is 4.53. The van der Waals surface area contributed by atoms with Crippen LogP contribution < -0.4 is 26.4 Å². The smallest absolute Gasteiger partial charge is 0.320 e. The molecule has 4 aromatic rings. The molecule has 4 rings (SSSR count). The number of aromatic nitrogens is 2. The Morgan fingerprint density at radius 3 is 2.67 bits per heavy atom. The summed E-state index contributed by atoms with van der Waals surface area (Å²) in [6.45, 7) is 0. The zero-order chi connectivity index (χ0) is 23.4. The molecule has 0 atom stereocenters. The summed E-state index contributed by atoms with van der Waals surface area (Å²) in [5.74, 6) is 0.674. The van der Waals surface area contributed by atoms with Crippen LogP contribution in [-0.2, 0) is 0 Å².